The van der Waals surface area contributed by atoms with Gasteiger partial charge in [0.05, 0.1) is 12.3 Å². The zero-order valence-electron chi connectivity index (χ0n) is 10.1. The van der Waals surface area contributed by atoms with E-state index in [0.29, 0.717) is 30.3 Å². The van der Waals surface area contributed by atoms with E-state index in [1.165, 1.54) is 18.2 Å². The number of hydrogen-bond donors (Lipinski definition) is 2. The summed E-state index contributed by atoms with van der Waals surface area (Å²) in [5.41, 5.74) is 5.78. The molecule has 0 aliphatic carbocycles. The van der Waals surface area contributed by atoms with Crippen LogP contribution in [0, 0.1) is 11.7 Å². The minimum absolute atomic E-state index is 0.304. The molecule has 1 amide bonds. The molecular weight excluding hydrogens is 235 g/mol. The summed E-state index contributed by atoms with van der Waals surface area (Å²) in [6.45, 7) is 2.14. The Morgan fingerprint density at radius 3 is 3.06 bits per heavy atom. The minimum atomic E-state index is -0.556. The van der Waals surface area contributed by atoms with Crippen LogP contribution in [0.5, 0.6) is 0 Å². The number of primary amides is 1. The van der Waals surface area contributed by atoms with Crippen molar-refractivity contribution < 1.29 is 13.9 Å². The highest BCUT2D eigenvalue weighted by molar-refractivity contribution is 5.93. The van der Waals surface area contributed by atoms with Crippen LogP contribution in [0.4, 0.5) is 10.1 Å². The summed E-state index contributed by atoms with van der Waals surface area (Å²) in [4.78, 5) is 11.0. The Labute approximate surface area is 105 Å². The Hall–Kier alpha value is -1.62. The Balaban J connectivity index is 1.99. The van der Waals surface area contributed by atoms with Crippen molar-refractivity contribution in [1.29, 1.82) is 0 Å². The maximum absolute atomic E-state index is 13.5. The van der Waals surface area contributed by atoms with Gasteiger partial charge in [-0.25, -0.2) is 4.39 Å². The standard InChI is InChI=1S/C13H17FN2O2/c14-11-4-3-10(13(15)17)6-12(11)16-7-9-2-1-5-18-8-9/h3-4,6,9,16H,1-2,5,7-8H2,(H2,15,17). The second-order valence-electron chi connectivity index (χ2n) is 4.52. The van der Waals surface area contributed by atoms with Crippen molar-refractivity contribution in [3.63, 3.8) is 0 Å². The fraction of sp³-hybridized carbons (Fsp3) is 0.462. The molecular formula is C13H17FN2O2. The normalized spacial score (nSPS) is 19.5. The van der Waals surface area contributed by atoms with Crippen LogP contribution in [0.2, 0.25) is 0 Å². The number of hydrogen-bond acceptors (Lipinski definition) is 3. The summed E-state index contributed by atoms with van der Waals surface area (Å²) in [5, 5.41) is 3.02. The topological polar surface area (TPSA) is 64.4 Å². The van der Waals surface area contributed by atoms with Gasteiger partial charge in [0.1, 0.15) is 5.82 Å². The molecule has 1 aliphatic rings. The fourth-order valence-electron chi connectivity index (χ4n) is 2.04. The first-order chi connectivity index (χ1) is 8.66. The second kappa shape index (κ2) is 5.82. The molecule has 98 valence electrons. The third kappa shape index (κ3) is 3.20. The van der Waals surface area contributed by atoms with Crippen molar-refractivity contribution in [3.8, 4) is 0 Å². The van der Waals surface area contributed by atoms with Gasteiger partial charge in [-0.15, -0.1) is 0 Å². The Morgan fingerprint density at radius 1 is 1.56 bits per heavy atom. The lowest BCUT2D eigenvalue weighted by Crippen LogP contribution is -2.24. The van der Waals surface area contributed by atoms with E-state index < -0.39 is 5.91 Å². The van der Waals surface area contributed by atoms with Gasteiger partial charge in [0, 0.05) is 18.7 Å². The van der Waals surface area contributed by atoms with Crippen molar-refractivity contribution in [2.24, 2.45) is 11.7 Å². The van der Waals surface area contributed by atoms with E-state index >= 15 is 0 Å². The molecule has 1 atom stereocenters. The van der Waals surface area contributed by atoms with E-state index in [0.717, 1.165) is 19.4 Å². The highest BCUT2D eigenvalue weighted by Crippen LogP contribution is 2.19. The Kier molecular flexibility index (Phi) is 4.15. The summed E-state index contributed by atoms with van der Waals surface area (Å²) in [6, 6.07) is 4.08. The van der Waals surface area contributed by atoms with Gasteiger partial charge in [0.15, 0.2) is 0 Å². The first-order valence-electron chi connectivity index (χ1n) is 6.08. The molecule has 2 rings (SSSR count). The zero-order chi connectivity index (χ0) is 13.0. The molecule has 0 bridgehead atoms. The van der Waals surface area contributed by atoms with E-state index in [4.69, 9.17) is 10.5 Å². The molecule has 1 saturated heterocycles. The van der Waals surface area contributed by atoms with E-state index in [1.54, 1.807) is 0 Å². The summed E-state index contributed by atoms with van der Waals surface area (Å²) >= 11 is 0. The van der Waals surface area contributed by atoms with Crippen molar-refractivity contribution in [2.75, 3.05) is 25.1 Å². The number of carbonyl (C=O) groups excluding carboxylic acids is 1. The van der Waals surface area contributed by atoms with Crippen LogP contribution in [0.3, 0.4) is 0 Å². The van der Waals surface area contributed by atoms with Crippen LogP contribution in [-0.2, 0) is 4.74 Å². The van der Waals surface area contributed by atoms with Gasteiger partial charge in [-0.05, 0) is 37.0 Å². The number of benzene rings is 1. The maximum Gasteiger partial charge on any atom is 0.248 e. The smallest absolute Gasteiger partial charge is 0.248 e. The van der Waals surface area contributed by atoms with Gasteiger partial charge in [-0.2, -0.15) is 0 Å². The number of anilines is 1. The number of carbonyl (C=O) groups is 1. The van der Waals surface area contributed by atoms with Gasteiger partial charge < -0.3 is 15.8 Å². The number of rotatable bonds is 4. The predicted octanol–water partition coefficient (Wildman–Crippen LogP) is 1.76. The second-order valence-corrected chi connectivity index (χ2v) is 4.52. The van der Waals surface area contributed by atoms with Gasteiger partial charge in [0.2, 0.25) is 5.91 Å². The molecule has 0 saturated carbocycles. The molecule has 3 N–H and O–H groups in total. The Morgan fingerprint density at radius 2 is 2.39 bits per heavy atom. The van der Waals surface area contributed by atoms with E-state index in [9.17, 15) is 9.18 Å². The largest absolute Gasteiger partial charge is 0.382 e. The monoisotopic (exact) mass is 252 g/mol. The van der Waals surface area contributed by atoms with Crippen LogP contribution in [0.15, 0.2) is 18.2 Å². The number of nitrogens with two attached hydrogens (primary N) is 1. The molecule has 1 heterocycles. The lowest BCUT2D eigenvalue weighted by Gasteiger charge is -2.22. The number of ether oxygens (including phenoxy) is 1. The van der Waals surface area contributed by atoms with Crippen LogP contribution in [0.25, 0.3) is 0 Å². The van der Waals surface area contributed by atoms with Crippen LogP contribution in [0.1, 0.15) is 23.2 Å². The van der Waals surface area contributed by atoms with Gasteiger partial charge in [-0.3, -0.25) is 4.79 Å². The van der Waals surface area contributed by atoms with Crippen molar-refractivity contribution in [2.45, 2.75) is 12.8 Å². The first-order valence-corrected chi connectivity index (χ1v) is 6.08. The molecule has 0 aromatic heterocycles. The van der Waals surface area contributed by atoms with E-state index in [-0.39, 0.29) is 5.82 Å². The summed E-state index contributed by atoms with van der Waals surface area (Å²) < 4.78 is 18.9. The molecule has 1 unspecified atom stereocenters. The van der Waals surface area contributed by atoms with Crippen LogP contribution >= 0.6 is 0 Å². The lowest BCUT2D eigenvalue weighted by atomic mass is 10.0. The number of nitrogens with one attached hydrogen (secondary N) is 1. The quantitative estimate of drug-likeness (QED) is 0.858. The van der Waals surface area contributed by atoms with E-state index in [2.05, 4.69) is 5.32 Å². The third-order valence-electron chi connectivity index (χ3n) is 3.09. The average molecular weight is 252 g/mol. The van der Waals surface area contributed by atoms with Crippen LogP contribution < -0.4 is 11.1 Å². The maximum atomic E-state index is 13.5. The highest BCUT2D eigenvalue weighted by Gasteiger charge is 2.14. The van der Waals surface area contributed by atoms with Gasteiger partial charge >= 0.3 is 0 Å². The zero-order valence-corrected chi connectivity index (χ0v) is 10.1. The van der Waals surface area contributed by atoms with Crippen molar-refractivity contribution >= 4 is 11.6 Å². The molecule has 1 fully saturated rings. The molecule has 1 aromatic rings. The minimum Gasteiger partial charge on any atom is -0.382 e. The van der Waals surface area contributed by atoms with E-state index in [1.807, 2.05) is 0 Å². The molecule has 4 nitrogen and oxygen atoms in total. The summed E-state index contributed by atoms with van der Waals surface area (Å²) in [7, 11) is 0. The highest BCUT2D eigenvalue weighted by atomic mass is 19.1. The molecule has 0 radical (unpaired) electrons. The fourth-order valence-corrected chi connectivity index (χ4v) is 2.04. The first kappa shape index (κ1) is 12.8. The molecule has 1 aromatic carbocycles. The molecule has 1 aliphatic heterocycles. The lowest BCUT2D eigenvalue weighted by molar-refractivity contribution is 0.0595. The van der Waals surface area contributed by atoms with Crippen molar-refractivity contribution in [3.05, 3.63) is 29.6 Å². The molecule has 0 spiro atoms. The third-order valence-corrected chi connectivity index (χ3v) is 3.09. The SMILES string of the molecule is NC(=O)c1ccc(F)c(NCC2CCCOC2)c1. The average Bonchev–Trinajstić information content (AvgIpc) is 2.38. The number of amides is 1. The summed E-state index contributed by atoms with van der Waals surface area (Å²) in [5.74, 6) is -0.550. The van der Waals surface area contributed by atoms with Gasteiger partial charge in [-0.1, -0.05) is 0 Å². The molecule has 5 heteroatoms. The molecule has 18 heavy (non-hydrogen) atoms. The summed E-state index contributed by atoms with van der Waals surface area (Å²) in [6.07, 6.45) is 2.11. The Bertz CT molecular complexity index is 431. The van der Waals surface area contributed by atoms with Crippen molar-refractivity contribution in [1.82, 2.24) is 0 Å². The van der Waals surface area contributed by atoms with Crippen LogP contribution in [-0.4, -0.2) is 25.7 Å². The van der Waals surface area contributed by atoms with Gasteiger partial charge in [0.25, 0.3) is 0 Å². The predicted molar refractivity (Wildman–Crippen MR) is 67.0 cm³/mol. The number of halogens is 1.